The second-order valence-corrected chi connectivity index (χ2v) is 8.27. The average Bonchev–Trinajstić information content (AvgIpc) is 2.91. The monoisotopic (exact) mass is 359 g/mol. The van der Waals surface area contributed by atoms with Crippen LogP contribution in [0.2, 0.25) is 0 Å². The second kappa shape index (κ2) is 5.98. The molecule has 0 spiro atoms. The number of amides is 1. The summed E-state index contributed by atoms with van der Waals surface area (Å²) in [5, 5.41) is 7.58. The summed E-state index contributed by atoms with van der Waals surface area (Å²) < 4.78 is 13.2. The molecule has 1 aromatic carbocycles. The molecule has 0 aliphatic carbocycles. The minimum absolute atomic E-state index is 0.00251. The molecule has 1 N–H and O–H groups in total. The zero-order chi connectivity index (χ0) is 17.6. The van der Waals surface area contributed by atoms with E-state index in [0.717, 1.165) is 28.4 Å². The fourth-order valence-electron chi connectivity index (χ4n) is 3.10. The van der Waals surface area contributed by atoms with Gasteiger partial charge in [0.15, 0.2) is 11.5 Å². The number of rotatable bonds is 1. The SMILES string of the molecule is CC(C)(C)n1ncc2c1NC(=O)CS[C@@H]2c1ccc2c(c1)OCCO2. The first-order chi connectivity index (χ1) is 11.9. The fourth-order valence-corrected chi connectivity index (χ4v) is 4.18. The summed E-state index contributed by atoms with van der Waals surface area (Å²) >= 11 is 1.60. The predicted octanol–water partition coefficient (Wildman–Crippen LogP) is 3.18. The molecular weight excluding hydrogens is 338 g/mol. The lowest BCUT2D eigenvalue weighted by molar-refractivity contribution is -0.113. The van der Waals surface area contributed by atoms with Gasteiger partial charge in [-0.2, -0.15) is 5.10 Å². The van der Waals surface area contributed by atoms with E-state index >= 15 is 0 Å². The van der Waals surface area contributed by atoms with Crippen LogP contribution in [-0.2, 0) is 10.3 Å². The Morgan fingerprint density at radius 2 is 2.00 bits per heavy atom. The minimum Gasteiger partial charge on any atom is -0.486 e. The van der Waals surface area contributed by atoms with Crippen molar-refractivity contribution in [1.29, 1.82) is 0 Å². The van der Waals surface area contributed by atoms with Gasteiger partial charge in [0.25, 0.3) is 0 Å². The molecule has 7 heteroatoms. The van der Waals surface area contributed by atoms with Gasteiger partial charge in [-0.1, -0.05) is 6.07 Å². The average molecular weight is 359 g/mol. The van der Waals surface area contributed by atoms with Crippen LogP contribution in [-0.4, -0.2) is 34.7 Å². The lowest BCUT2D eigenvalue weighted by Crippen LogP contribution is -2.27. The third kappa shape index (κ3) is 2.97. The maximum Gasteiger partial charge on any atom is 0.235 e. The van der Waals surface area contributed by atoms with Crippen molar-refractivity contribution in [2.75, 3.05) is 24.3 Å². The number of fused-ring (bicyclic) bond motifs is 2. The van der Waals surface area contributed by atoms with E-state index in [1.165, 1.54) is 0 Å². The number of anilines is 1. The number of thioether (sulfide) groups is 1. The van der Waals surface area contributed by atoms with Crippen LogP contribution in [0.1, 0.15) is 37.1 Å². The van der Waals surface area contributed by atoms with E-state index in [1.807, 2.05) is 29.1 Å². The van der Waals surface area contributed by atoms with Crippen LogP contribution in [0, 0.1) is 0 Å². The number of benzene rings is 1. The molecule has 1 atom stereocenters. The summed E-state index contributed by atoms with van der Waals surface area (Å²) in [6.07, 6.45) is 1.86. The molecule has 2 aliphatic rings. The Labute approximate surface area is 150 Å². The molecule has 2 aromatic rings. The normalized spacial score (nSPS) is 19.8. The summed E-state index contributed by atoms with van der Waals surface area (Å²) in [5.41, 5.74) is 1.88. The van der Waals surface area contributed by atoms with Gasteiger partial charge in [-0.25, -0.2) is 4.68 Å². The van der Waals surface area contributed by atoms with Crippen molar-refractivity contribution in [1.82, 2.24) is 9.78 Å². The van der Waals surface area contributed by atoms with Gasteiger partial charge in [0.05, 0.1) is 22.7 Å². The molecule has 25 heavy (non-hydrogen) atoms. The molecule has 2 aliphatic heterocycles. The molecule has 6 nitrogen and oxygen atoms in total. The Balaban J connectivity index is 1.79. The Morgan fingerprint density at radius 3 is 2.76 bits per heavy atom. The number of carbonyl (C=O) groups is 1. The molecule has 0 bridgehead atoms. The van der Waals surface area contributed by atoms with Crippen molar-refractivity contribution in [3.63, 3.8) is 0 Å². The third-order valence-electron chi connectivity index (χ3n) is 4.22. The summed E-state index contributed by atoms with van der Waals surface area (Å²) in [6, 6.07) is 6.00. The number of hydrogen-bond acceptors (Lipinski definition) is 5. The van der Waals surface area contributed by atoms with Gasteiger partial charge >= 0.3 is 0 Å². The van der Waals surface area contributed by atoms with Crippen LogP contribution in [0.5, 0.6) is 11.5 Å². The molecule has 1 amide bonds. The number of ether oxygens (including phenoxy) is 2. The molecule has 0 radical (unpaired) electrons. The fraction of sp³-hybridized carbons (Fsp3) is 0.444. The van der Waals surface area contributed by atoms with Crippen LogP contribution in [0.15, 0.2) is 24.4 Å². The number of nitrogens with zero attached hydrogens (tertiary/aromatic N) is 2. The van der Waals surface area contributed by atoms with Crippen molar-refractivity contribution in [2.24, 2.45) is 0 Å². The van der Waals surface area contributed by atoms with Crippen LogP contribution in [0.25, 0.3) is 0 Å². The summed E-state index contributed by atoms with van der Waals surface area (Å²) in [4.78, 5) is 12.2. The molecule has 1 aromatic heterocycles. The highest BCUT2D eigenvalue weighted by Gasteiger charge is 2.31. The molecule has 0 saturated heterocycles. The maximum absolute atomic E-state index is 12.2. The Hall–Kier alpha value is -2.15. The van der Waals surface area contributed by atoms with Crippen molar-refractivity contribution in [3.8, 4) is 11.5 Å². The molecule has 0 saturated carbocycles. The van der Waals surface area contributed by atoms with Crippen molar-refractivity contribution >= 4 is 23.5 Å². The van der Waals surface area contributed by atoms with Gasteiger partial charge in [0.1, 0.15) is 19.0 Å². The van der Waals surface area contributed by atoms with Gasteiger partial charge in [-0.05, 0) is 38.5 Å². The van der Waals surface area contributed by atoms with Crippen molar-refractivity contribution in [2.45, 2.75) is 31.6 Å². The summed E-state index contributed by atoms with van der Waals surface area (Å²) in [7, 11) is 0. The summed E-state index contributed by atoms with van der Waals surface area (Å²) in [5.74, 6) is 2.71. The van der Waals surface area contributed by atoms with Gasteiger partial charge < -0.3 is 14.8 Å². The zero-order valence-corrected chi connectivity index (χ0v) is 15.4. The number of aromatic nitrogens is 2. The molecule has 132 valence electrons. The molecule has 0 unspecified atom stereocenters. The van der Waals surface area contributed by atoms with E-state index in [0.29, 0.717) is 19.0 Å². The van der Waals surface area contributed by atoms with Crippen molar-refractivity contribution < 1.29 is 14.3 Å². The number of carbonyl (C=O) groups excluding carboxylic acids is 1. The first-order valence-electron chi connectivity index (χ1n) is 8.33. The topological polar surface area (TPSA) is 65.4 Å². The van der Waals surface area contributed by atoms with Crippen molar-refractivity contribution in [3.05, 3.63) is 35.5 Å². The Bertz CT molecular complexity index is 825. The van der Waals surface area contributed by atoms with E-state index in [1.54, 1.807) is 11.8 Å². The smallest absolute Gasteiger partial charge is 0.235 e. The molecule has 0 fully saturated rings. The van der Waals surface area contributed by atoms with Gasteiger partial charge in [-0.3, -0.25) is 4.79 Å². The third-order valence-corrected chi connectivity index (χ3v) is 5.51. The van der Waals surface area contributed by atoms with Gasteiger partial charge in [0.2, 0.25) is 5.91 Å². The van der Waals surface area contributed by atoms with E-state index in [-0.39, 0.29) is 16.7 Å². The highest BCUT2D eigenvalue weighted by molar-refractivity contribution is 8.00. The van der Waals surface area contributed by atoms with Gasteiger partial charge in [0, 0.05) is 5.56 Å². The first kappa shape index (κ1) is 16.3. The minimum atomic E-state index is -0.215. The number of hydrogen-bond donors (Lipinski definition) is 1. The highest BCUT2D eigenvalue weighted by Crippen LogP contribution is 2.44. The van der Waals surface area contributed by atoms with Gasteiger partial charge in [-0.15, -0.1) is 11.8 Å². The largest absolute Gasteiger partial charge is 0.486 e. The van der Waals surface area contributed by atoms with Crippen LogP contribution in [0.3, 0.4) is 0 Å². The van der Waals surface area contributed by atoms with E-state index in [4.69, 9.17) is 9.47 Å². The van der Waals surface area contributed by atoms with Crippen LogP contribution < -0.4 is 14.8 Å². The summed E-state index contributed by atoms with van der Waals surface area (Å²) in [6.45, 7) is 7.35. The van der Waals surface area contributed by atoms with E-state index in [2.05, 4.69) is 31.2 Å². The predicted molar refractivity (Wildman–Crippen MR) is 97.6 cm³/mol. The second-order valence-electron chi connectivity index (χ2n) is 7.17. The zero-order valence-electron chi connectivity index (χ0n) is 14.5. The standard InChI is InChI=1S/C18H21N3O3S/c1-18(2,3)21-17-12(9-19-21)16(25-10-15(22)20-17)11-4-5-13-14(8-11)24-7-6-23-13/h4-5,8-9,16H,6-7,10H2,1-3H3,(H,20,22)/t16-/m1/s1. The Morgan fingerprint density at radius 1 is 1.24 bits per heavy atom. The quantitative estimate of drug-likeness (QED) is 0.847. The number of nitrogens with one attached hydrogen (secondary N) is 1. The Kier molecular flexibility index (Phi) is 3.91. The van der Waals surface area contributed by atoms with Crippen LogP contribution >= 0.6 is 11.8 Å². The molecular formula is C18H21N3O3S. The lowest BCUT2D eigenvalue weighted by atomic mass is 10.0. The first-order valence-corrected chi connectivity index (χ1v) is 9.38. The molecule has 4 rings (SSSR count). The molecule has 3 heterocycles. The van der Waals surface area contributed by atoms with Crippen LogP contribution in [0.4, 0.5) is 5.82 Å². The van der Waals surface area contributed by atoms with E-state index in [9.17, 15) is 4.79 Å². The maximum atomic E-state index is 12.2. The highest BCUT2D eigenvalue weighted by atomic mass is 32.2. The lowest BCUT2D eigenvalue weighted by Gasteiger charge is -2.23. The van der Waals surface area contributed by atoms with E-state index < -0.39 is 0 Å².